The highest BCUT2D eigenvalue weighted by Crippen LogP contribution is 1.99. The first-order valence-electron chi connectivity index (χ1n) is 3.08. The Hall–Kier alpha value is -0.0700. The summed E-state index contributed by atoms with van der Waals surface area (Å²) in [4.78, 5) is 10.8. The van der Waals surface area contributed by atoms with Gasteiger partial charge in [-0.2, -0.15) is 16.1 Å². The lowest BCUT2D eigenvalue weighted by Crippen LogP contribution is -2.29. The molecule has 0 heterocycles. The Kier molecular flexibility index (Phi) is 6.59. The third-order valence-corrected chi connectivity index (χ3v) is 2.06. The summed E-state index contributed by atoms with van der Waals surface area (Å²) in [7, 11) is 0. The van der Waals surface area contributed by atoms with Crippen LogP contribution in [0.2, 0.25) is 0 Å². The van der Waals surface area contributed by atoms with Crippen molar-refractivity contribution in [1.82, 2.24) is 0 Å². The zero-order valence-corrected chi connectivity index (χ0v) is 8.06. The van der Waals surface area contributed by atoms with Crippen molar-refractivity contribution in [2.75, 3.05) is 12.0 Å². The van der Waals surface area contributed by atoms with Gasteiger partial charge in [0, 0.05) is 11.5 Å². The zero-order valence-electron chi connectivity index (χ0n) is 6.24. The molecular weight excluding hydrogens is 184 g/mol. The van der Waals surface area contributed by atoms with Crippen molar-refractivity contribution >= 4 is 29.1 Å². The van der Waals surface area contributed by atoms with Gasteiger partial charge in [-0.3, -0.25) is 9.00 Å². The first kappa shape index (κ1) is 10.9. The van der Waals surface area contributed by atoms with Gasteiger partial charge >= 0.3 is 0 Å². The SMILES string of the molecule is CSCCC(N)C(=O)N=[SH2]=O. The van der Waals surface area contributed by atoms with Crippen molar-refractivity contribution in [3.63, 3.8) is 0 Å². The maximum absolute atomic E-state index is 10.8. The summed E-state index contributed by atoms with van der Waals surface area (Å²) in [5, 5.41) is 0. The molecule has 1 amide bonds. The zero-order chi connectivity index (χ0) is 8.69. The second-order valence-electron chi connectivity index (χ2n) is 1.93. The molecule has 0 rings (SSSR count). The minimum atomic E-state index is -0.925. The summed E-state index contributed by atoms with van der Waals surface area (Å²) >= 11 is 0.690. The summed E-state index contributed by atoms with van der Waals surface area (Å²) in [6, 6.07) is -0.580. The van der Waals surface area contributed by atoms with Gasteiger partial charge in [0.15, 0.2) is 0 Å². The van der Waals surface area contributed by atoms with E-state index < -0.39 is 23.4 Å². The second kappa shape index (κ2) is 6.63. The van der Waals surface area contributed by atoms with Gasteiger partial charge < -0.3 is 5.73 Å². The highest BCUT2D eigenvalue weighted by atomic mass is 32.2. The average Bonchev–Trinajstić information content (AvgIpc) is 2.00. The fraction of sp³-hybridized carbons (Fsp3) is 0.800. The molecule has 0 bridgehead atoms. The number of thioether (sulfide) groups is 1. The molecule has 0 aliphatic carbocycles. The van der Waals surface area contributed by atoms with E-state index in [0.717, 1.165) is 5.75 Å². The molecule has 0 fully saturated rings. The predicted molar refractivity (Wildman–Crippen MR) is 49.3 cm³/mol. The van der Waals surface area contributed by atoms with Crippen LogP contribution < -0.4 is 5.73 Å². The molecule has 66 valence electrons. The summed E-state index contributed by atoms with van der Waals surface area (Å²) < 4.78 is 13.1. The fourth-order valence-corrected chi connectivity index (χ4v) is 1.24. The Labute approximate surface area is 73.2 Å². The molecule has 2 N–H and O–H groups in total. The number of nitrogens with zero attached hydrogens (tertiary/aromatic N) is 1. The minimum absolute atomic E-state index is 0.465. The van der Waals surface area contributed by atoms with E-state index in [1.54, 1.807) is 11.8 Å². The number of rotatable bonds is 4. The molecule has 0 aliphatic rings. The number of amides is 1. The van der Waals surface area contributed by atoms with Crippen LogP contribution in [0.15, 0.2) is 4.36 Å². The molecular formula is C5H12N2O2S2. The van der Waals surface area contributed by atoms with Crippen molar-refractivity contribution in [2.45, 2.75) is 12.5 Å². The van der Waals surface area contributed by atoms with Crippen LogP contribution in [0, 0.1) is 0 Å². The van der Waals surface area contributed by atoms with E-state index in [1.165, 1.54) is 0 Å². The summed E-state index contributed by atoms with van der Waals surface area (Å²) in [5.74, 6) is 0.358. The first-order valence-corrected chi connectivity index (χ1v) is 5.33. The molecule has 0 aromatic rings. The van der Waals surface area contributed by atoms with Crippen molar-refractivity contribution in [2.24, 2.45) is 10.1 Å². The predicted octanol–water partition coefficient (Wildman–Crippen LogP) is -0.545. The van der Waals surface area contributed by atoms with E-state index in [4.69, 9.17) is 5.73 Å². The van der Waals surface area contributed by atoms with E-state index in [-0.39, 0.29) is 0 Å². The lowest BCUT2D eigenvalue weighted by Gasteiger charge is -2.03. The van der Waals surface area contributed by atoms with E-state index in [2.05, 4.69) is 4.36 Å². The van der Waals surface area contributed by atoms with Gasteiger partial charge in [-0.05, 0) is 18.4 Å². The van der Waals surface area contributed by atoms with E-state index in [0.29, 0.717) is 6.42 Å². The van der Waals surface area contributed by atoms with Gasteiger partial charge in [0.25, 0.3) is 5.91 Å². The van der Waals surface area contributed by atoms with Crippen LogP contribution in [0.5, 0.6) is 0 Å². The molecule has 1 atom stereocenters. The molecule has 0 spiro atoms. The fourth-order valence-electron chi connectivity index (χ4n) is 0.496. The molecule has 0 radical (unpaired) electrons. The van der Waals surface area contributed by atoms with Gasteiger partial charge in [-0.15, -0.1) is 0 Å². The molecule has 1 unspecified atom stereocenters. The van der Waals surface area contributed by atoms with Gasteiger partial charge in [0.2, 0.25) is 0 Å². The Morgan fingerprint density at radius 1 is 1.82 bits per heavy atom. The third kappa shape index (κ3) is 5.23. The molecule has 4 nitrogen and oxygen atoms in total. The van der Waals surface area contributed by atoms with E-state index in [1.807, 2.05) is 6.26 Å². The number of carbonyl (C=O) groups is 1. The number of nitrogens with two attached hydrogens (primary N) is 1. The molecule has 0 saturated heterocycles. The lowest BCUT2D eigenvalue weighted by atomic mass is 10.2. The van der Waals surface area contributed by atoms with Crippen molar-refractivity contribution in [3.05, 3.63) is 0 Å². The van der Waals surface area contributed by atoms with Crippen LogP contribution in [0.3, 0.4) is 0 Å². The lowest BCUT2D eigenvalue weighted by molar-refractivity contribution is -0.118. The number of hydrogen-bond donors (Lipinski definition) is 1. The number of carbonyl (C=O) groups excluding carboxylic acids is 1. The van der Waals surface area contributed by atoms with Gasteiger partial charge in [0.05, 0.1) is 6.04 Å². The second-order valence-corrected chi connectivity index (χ2v) is 3.32. The Bertz CT molecular complexity index is 179. The van der Waals surface area contributed by atoms with Crippen LogP contribution in [-0.2, 0) is 16.3 Å². The summed E-state index contributed by atoms with van der Waals surface area (Å²) in [6.45, 7) is 0. The minimum Gasteiger partial charge on any atom is -0.320 e. The highest BCUT2D eigenvalue weighted by Gasteiger charge is 2.10. The number of hydrogen-bond acceptors (Lipinski definition) is 4. The maximum Gasteiger partial charge on any atom is 0.270 e. The molecule has 11 heavy (non-hydrogen) atoms. The largest absolute Gasteiger partial charge is 0.320 e. The Balaban J connectivity index is 3.73. The maximum atomic E-state index is 10.8. The Morgan fingerprint density at radius 2 is 2.45 bits per heavy atom. The van der Waals surface area contributed by atoms with Crippen molar-refractivity contribution in [3.8, 4) is 0 Å². The third-order valence-electron chi connectivity index (χ3n) is 1.11. The van der Waals surface area contributed by atoms with Gasteiger partial charge in [0.1, 0.15) is 0 Å². The molecule has 0 aliphatic heterocycles. The van der Waals surface area contributed by atoms with Crippen LogP contribution in [-0.4, -0.2) is 28.2 Å². The monoisotopic (exact) mass is 196 g/mol. The Morgan fingerprint density at radius 3 is 2.91 bits per heavy atom. The summed E-state index contributed by atoms with van der Waals surface area (Å²) in [6.07, 6.45) is 2.53. The van der Waals surface area contributed by atoms with Crippen molar-refractivity contribution < 1.29 is 9.00 Å². The van der Waals surface area contributed by atoms with Crippen molar-refractivity contribution in [1.29, 1.82) is 0 Å². The first-order chi connectivity index (χ1) is 5.22. The molecule has 0 aromatic heterocycles. The molecule has 0 aromatic carbocycles. The van der Waals surface area contributed by atoms with E-state index in [9.17, 15) is 9.00 Å². The highest BCUT2D eigenvalue weighted by molar-refractivity contribution is 7.98. The average molecular weight is 196 g/mol. The normalized spacial score (nSPS) is 13.6. The van der Waals surface area contributed by atoms with Crippen LogP contribution in [0.1, 0.15) is 6.42 Å². The smallest absolute Gasteiger partial charge is 0.270 e. The molecule has 6 heteroatoms. The summed E-state index contributed by atoms with van der Waals surface area (Å²) in [5.41, 5.74) is 5.40. The quantitative estimate of drug-likeness (QED) is 0.655. The van der Waals surface area contributed by atoms with E-state index >= 15 is 0 Å². The molecule has 0 saturated carbocycles. The van der Waals surface area contributed by atoms with Crippen LogP contribution in [0.25, 0.3) is 0 Å². The standard InChI is InChI=1S/C5H12N2O2S2/c1-10-3-2-4(6)5(8)7-11-9/h4H,2-3,6,11H2,1H3. The topological polar surface area (TPSA) is 72.5 Å². The van der Waals surface area contributed by atoms with Gasteiger partial charge in [-0.25, -0.2) is 0 Å². The van der Waals surface area contributed by atoms with Gasteiger partial charge in [-0.1, -0.05) is 0 Å². The van der Waals surface area contributed by atoms with Crippen LogP contribution >= 0.6 is 11.8 Å². The van der Waals surface area contributed by atoms with Crippen LogP contribution in [0.4, 0.5) is 0 Å².